The number of rotatable bonds is 13. The van der Waals surface area contributed by atoms with Crippen LogP contribution in [0, 0.1) is 5.92 Å². The first-order valence-corrected chi connectivity index (χ1v) is 16.9. The van der Waals surface area contributed by atoms with Crippen LogP contribution < -0.4 is 4.74 Å². The largest absolute Gasteiger partial charge is 0.780 e. The van der Waals surface area contributed by atoms with Gasteiger partial charge in [0.05, 0.1) is 13.2 Å². The topological polar surface area (TPSA) is 18.5 Å². The molecule has 0 aliphatic rings. The van der Waals surface area contributed by atoms with Crippen molar-refractivity contribution in [1.82, 2.24) is 0 Å². The van der Waals surface area contributed by atoms with E-state index >= 15 is 0 Å². The smallest absolute Gasteiger partial charge is 0.124 e. The van der Waals surface area contributed by atoms with Crippen LogP contribution in [0.5, 0.6) is 5.75 Å². The summed E-state index contributed by atoms with van der Waals surface area (Å²) in [6.07, 6.45) is 0.992. The van der Waals surface area contributed by atoms with Crippen molar-refractivity contribution >= 4 is 83.8 Å². The molecule has 9 heteroatoms. The molecule has 0 radical (unpaired) electrons. The molecule has 0 fully saturated rings. The van der Waals surface area contributed by atoms with Gasteiger partial charge in [-0.15, -0.1) is 0 Å². The third kappa shape index (κ3) is 15.4. The van der Waals surface area contributed by atoms with E-state index in [-0.39, 0.29) is 21.9 Å². The molecule has 0 spiro atoms. The van der Waals surface area contributed by atoms with Gasteiger partial charge in [0, 0.05) is 39.5 Å². The maximum atomic E-state index is 6.10. The van der Waals surface area contributed by atoms with Crippen molar-refractivity contribution in [2.24, 2.45) is 5.92 Å². The van der Waals surface area contributed by atoms with Crippen LogP contribution in [0.2, 0.25) is 0 Å². The molecule has 2 rings (SSSR count). The molecule has 0 amide bonds. The number of benzene rings is 2. The zero-order valence-corrected chi connectivity index (χ0v) is 31.4. The molecule has 0 unspecified atom stereocenters. The Kier molecular flexibility index (Phi) is 20.5. The normalized spacial score (nSPS) is 12.8. The van der Waals surface area contributed by atoms with E-state index in [0.717, 1.165) is 37.3 Å². The summed E-state index contributed by atoms with van der Waals surface area (Å²) in [6, 6.07) is 16.1. The summed E-state index contributed by atoms with van der Waals surface area (Å²) in [7, 11) is 1.72. The average Bonchev–Trinajstić information content (AvgIpc) is 2.87. The minimum Gasteiger partial charge on any atom is -0.780 e. The molecule has 0 aromatic heterocycles. The summed E-state index contributed by atoms with van der Waals surface area (Å²) in [6.45, 7) is 18.5. The summed E-state index contributed by atoms with van der Waals surface area (Å²) in [5.41, 5.74) is 2.86. The van der Waals surface area contributed by atoms with Gasteiger partial charge in [0.1, 0.15) is 5.75 Å². The zero-order chi connectivity index (χ0) is 30.5. The molecule has 234 valence electrons. The van der Waals surface area contributed by atoms with Crippen LogP contribution in [0.25, 0.3) is 9.81 Å². The van der Waals surface area contributed by atoms with Gasteiger partial charge in [-0.2, -0.15) is 41.8 Å². The van der Waals surface area contributed by atoms with Crippen molar-refractivity contribution in [3.05, 3.63) is 73.7 Å². The molecule has 41 heavy (non-hydrogen) atoms. The van der Waals surface area contributed by atoms with E-state index in [1.807, 2.05) is 36.4 Å². The van der Waals surface area contributed by atoms with Gasteiger partial charge in [0.2, 0.25) is 0 Å². The van der Waals surface area contributed by atoms with E-state index in [0.29, 0.717) is 39.4 Å². The average molecular weight is 712 g/mol. The van der Waals surface area contributed by atoms with Crippen LogP contribution in [0.15, 0.2) is 57.0 Å². The standard InChI is InChI=1S/C24H32O2S2.C8H16S4.Ni/c1-17(2)13-14-26-21-12-11-19(24(3,4)16-25-5)15-20(21)23(28)22(27)18-9-7-6-8-10-18;1-5(2)11-7(9)8(10)12-6(3)4;/h6-12,15,17,27-28H,13-14,16H2,1-5H3;5-6,9-10H,1-4H3;/p-4/b23-22-;8-7-;. The first kappa shape index (κ1) is 40.8. The SMILES string of the molecule is CC(C)S/C([S-])=C(/[S-])SC(C)C.COCC(C)(C)c1ccc(OCCC(C)C)c(/C([S-])=C(/[S-])c2ccccc2)c1.[Ni]. The van der Waals surface area contributed by atoms with Crippen molar-refractivity contribution in [3.8, 4) is 5.75 Å². The van der Waals surface area contributed by atoms with E-state index in [1.54, 1.807) is 30.6 Å². The van der Waals surface area contributed by atoms with E-state index in [4.69, 9.17) is 60.0 Å². The van der Waals surface area contributed by atoms with Crippen LogP contribution in [0.3, 0.4) is 0 Å². The summed E-state index contributed by atoms with van der Waals surface area (Å²) >= 11 is 25.2. The first-order chi connectivity index (χ1) is 18.7. The first-order valence-electron chi connectivity index (χ1n) is 13.5. The Labute approximate surface area is 291 Å². The van der Waals surface area contributed by atoms with Crippen molar-refractivity contribution < 1.29 is 26.0 Å². The van der Waals surface area contributed by atoms with Crippen LogP contribution in [0.1, 0.15) is 78.5 Å². The zero-order valence-electron chi connectivity index (χ0n) is 25.6. The maximum Gasteiger partial charge on any atom is 0.124 e. The molecule has 0 N–H and O–H groups in total. The van der Waals surface area contributed by atoms with Gasteiger partial charge >= 0.3 is 0 Å². The Bertz CT molecular complexity index is 1080. The Balaban J connectivity index is 0.00000104. The quantitative estimate of drug-likeness (QED) is 0.115. The van der Waals surface area contributed by atoms with Crippen molar-refractivity contribution in [1.29, 1.82) is 0 Å². The van der Waals surface area contributed by atoms with Gasteiger partial charge in [0.15, 0.2) is 0 Å². The molecule has 0 heterocycles. The fourth-order valence-electron chi connectivity index (χ4n) is 3.47. The fraction of sp³-hybridized carbons (Fsp3) is 0.500. The Morgan fingerprint density at radius 1 is 0.805 bits per heavy atom. The number of hydrogen-bond donors (Lipinski definition) is 0. The molecule has 0 atom stereocenters. The minimum atomic E-state index is -0.135. The Hall–Kier alpha value is -0.246. The van der Waals surface area contributed by atoms with Crippen molar-refractivity contribution in [3.63, 3.8) is 0 Å². The monoisotopic (exact) mass is 710 g/mol. The molecule has 2 aromatic rings. The number of methoxy groups -OCH3 is 1. The fourth-order valence-corrected chi connectivity index (χ4v) is 6.77. The molecular formula is C32H44NiO2S6-4. The van der Waals surface area contributed by atoms with Crippen LogP contribution in [0.4, 0.5) is 0 Å². The van der Waals surface area contributed by atoms with Crippen LogP contribution >= 0.6 is 23.5 Å². The molecule has 2 aromatic carbocycles. The van der Waals surface area contributed by atoms with Gasteiger partial charge < -0.3 is 60.0 Å². The number of ether oxygens (including phenoxy) is 2. The summed E-state index contributed by atoms with van der Waals surface area (Å²) in [5, 5.41) is 1.06. The summed E-state index contributed by atoms with van der Waals surface area (Å²) in [5.74, 6) is 1.38. The number of thioether (sulfide) groups is 2. The van der Waals surface area contributed by atoms with Gasteiger partial charge in [0.25, 0.3) is 0 Å². The van der Waals surface area contributed by atoms with Gasteiger partial charge in [-0.3, -0.25) is 0 Å². The minimum absolute atomic E-state index is 0. The van der Waals surface area contributed by atoms with E-state index < -0.39 is 0 Å². The summed E-state index contributed by atoms with van der Waals surface area (Å²) in [4.78, 5) is 1.32. The Morgan fingerprint density at radius 3 is 1.80 bits per heavy atom. The molecule has 0 saturated heterocycles. The summed E-state index contributed by atoms with van der Waals surface area (Å²) < 4.78 is 13.3. The second-order valence-corrected chi connectivity index (χ2v) is 16.3. The molecule has 0 bridgehead atoms. The van der Waals surface area contributed by atoms with E-state index in [1.165, 1.54) is 0 Å². The molecule has 0 aliphatic heterocycles. The molecule has 2 nitrogen and oxygen atoms in total. The molecule has 0 saturated carbocycles. The van der Waals surface area contributed by atoms with E-state index in [9.17, 15) is 0 Å². The molecular weight excluding hydrogens is 667 g/mol. The number of hydrogen-bond acceptors (Lipinski definition) is 8. The van der Waals surface area contributed by atoms with Crippen LogP contribution in [-0.4, -0.2) is 30.8 Å². The second kappa shape index (κ2) is 20.7. The third-order valence-corrected chi connectivity index (χ3v) is 9.83. The van der Waals surface area contributed by atoms with Crippen LogP contribution in [-0.2, 0) is 77.2 Å². The Morgan fingerprint density at radius 2 is 1.34 bits per heavy atom. The third-order valence-electron chi connectivity index (χ3n) is 5.56. The van der Waals surface area contributed by atoms with Crippen molar-refractivity contribution in [2.75, 3.05) is 20.3 Å². The van der Waals surface area contributed by atoms with Gasteiger partial charge in [-0.25, -0.2) is 0 Å². The predicted octanol–water partition coefficient (Wildman–Crippen LogP) is 9.44. The van der Waals surface area contributed by atoms with Gasteiger partial charge in [-0.1, -0.05) is 91.8 Å². The van der Waals surface area contributed by atoms with Crippen molar-refractivity contribution in [2.45, 2.75) is 77.7 Å². The van der Waals surface area contributed by atoms with E-state index in [2.05, 4.69) is 67.5 Å². The second-order valence-electron chi connectivity index (χ2n) is 11.0. The van der Waals surface area contributed by atoms with Gasteiger partial charge in [-0.05, 0) is 41.2 Å². The maximum absolute atomic E-state index is 6.10. The molecule has 0 aliphatic carbocycles. The predicted molar refractivity (Wildman–Crippen MR) is 191 cm³/mol.